The molecule has 2 fully saturated rings. The number of hydrogen-bond donors (Lipinski definition) is 1. The summed E-state index contributed by atoms with van der Waals surface area (Å²) in [5.74, 6) is -1.52. The smallest absolute Gasteiger partial charge is 0.303 e. The number of benzene rings is 1. The zero-order valence-corrected chi connectivity index (χ0v) is 17.1. The van der Waals surface area contributed by atoms with E-state index in [1.165, 1.54) is 11.8 Å². The summed E-state index contributed by atoms with van der Waals surface area (Å²) in [6.45, 7) is 0. The fourth-order valence-electron chi connectivity index (χ4n) is 3.10. The number of fused-ring (bicyclic) bond motifs is 1. The molecule has 1 aromatic rings. The number of nitrogens with zero attached hydrogens (tertiary/aromatic N) is 2. The van der Waals surface area contributed by atoms with Crippen LogP contribution in [0.4, 0.5) is 5.69 Å². The SMILES string of the molecule is O=C(O)CCCC(=O)N=C1S[C@@H]2CS(=O)(=O)C[C@@H]2N1c1c(Cl)cccc1Cl. The van der Waals surface area contributed by atoms with Crippen molar-refractivity contribution in [1.82, 2.24) is 0 Å². The Hall–Kier alpha value is -1.29. The maximum Gasteiger partial charge on any atom is 0.303 e. The van der Waals surface area contributed by atoms with Gasteiger partial charge >= 0.3 is 5.97 Å². The van der Waals surface area contributed by atoms with Crippen molar-refractivity contribution in [2.24, 2.45) is 4.99 Å². The molecule has 0 unspecified atom stereocenters. The van der Waals surface area contributed by atoms with Crippen LogP contribution < -0.4 is 4.90 Å². The number of para-hydroxylation sites is 1. The van der Waals surface area contributed by atoms with Crippen molar-refractivity contribution in [2.45, 2.75) is 30.6 Å². The Morgan fingerprint density at radius 2 is 1.89 bits per heavy atom. The van der Waals surface area contributed by atoms with Gasteiger partial charge in [0, 0.05) is 18.1 Å². The minimum absolute atomic E-state index is 0.00587. The highest BCUT2D eigenvalue weighted by Crippen LogP contribution is 2.45. The normalized spacial score (nSPS) is 25.0. The first-order valence-corrected chi connectivity index (χ1v) is 11.6. The summed E-state index contributed by atoms with van der Waals surface area (Å²) >= 11 is 13.8. The van der Waals surface area contributed by atoms with Crippen LogP contribution in [-0.4, -0.2) is 53.4 Å². The van der Waals surface area contributed by atoms with Gasteiger partial charge in [0.05, 0.1) is 33.3 Å². The van der Waals surface area contributed by atoms with Crippen LogP contribution in [-0.2, 0) is 19.4 Å². The summed E-state index contributed by atoms with van der Waals surface area (Å²) in [6, 6.07) is 4.53. The third-order valence-electron chi connectivity index (χ3n) is 4.25. The molecule has 2 atom stereocenters. The van der Waals surface area contributed by atoms with E-state index in [-0.39, 0.29) is 36.0 Å². The van der Waals surface area contributed by atoms with Gasteiger partial charge < -0.3 is 10.0 Å². The van der Waals surface area contributed by atoms with Gasteiger partial charge in [-0.25, -0.2) is 8.42 Å². The molecule has 1 N–H and O–H groups in total. The third kappa shape index (κ3) is 4.59. The lowest BCUT2D eigenvalue weighted by Gasteiger charge is -2.26. The number of carboxylic acids is 1. The maximum atomic E-state index is 12.2. The topological polar surface area (TPSA) is 104 Å². The van der Waals surface area contributed by atoms with Crippen LogP contribution >= 0.6 is 35.0 Å². The summed E-state index contributed by atoms with van der Waals surface area (Å²) in [6.07, 6.45) is 0.0606. The van der Waals surface area contributed by atoms with Gasteiger partial charge in [0.25, 0.3) is 0 Å². The van der Waals surface area contributed by atoms with Crippen LogP contribution in [0.25, 0.3) is 0 Å². The lowest BCUT2D eigenvalue weighted by molar-refractivity contribution is -0.137. The number of carbonyl (C=O) groups is 2. The molecular formula is C16H16Cl2N2O5S2. The molecule has 0 aliphatic carbocycles. The molecular weight excluding hydrogens is 435 g/mol. The molecule has 3 rings (SSSR count). The van der Waals surface area contributed by atoms with E-state index in [0.717, 1.165) is 0 Å². The number of rotatable bonds is 5. The fourth-order valence-corrected chi connectivity index (χ4v) is 7.60. The summed E-state index contributed by atoms with van der Waals surface area (Å²) in [5.41, 5.74) is 0.426. The molecule has 146 valence electrons. The predicted octanol–water partition coefficient (Wildman–Crippen LogP) is 2.85. The van der Waals surface area contributed by atoms with Crippen molar-refractivity contribution in [3.8, 4) is 0 Å². The number of thioether (sulfide) groups is 1. The Morgan fingerprint density at radius 3 is 2.52 bits per heavy atom. The van der Waals surface area contributed by atoms with Crippen LogP contribution in [0.1, 0.15) is 19.3 Å². The van der Waals surface area contributed by atoms with Crippen molar-refractivity contribution >= 4 is 67.5 Å². The van der Waals surface area contributed by atoms with Gasteiger partial charge in [-0.15, -0.1) is 0 Å². The van der Waals surface area contributed by atoms with Crippen molar-refractivity contribution in [2.75, 3.05) is 16.4 Å². The minimum Gasteiger partial charge on any atom is -0.481 e. The number of amides is 1. The second-order valence-corrected chi connectivity index (χ2v) is 10.5. The number of aliphatic carboxylic acids is 1. The highest BCUT2D eigenvalue weighted by molar-refractivity contribution is 8.16. The monoisotopic (exact) mass is 450 g/mol. The molecule has 2 aliphatic heterocycles. The van der Waals surface area contributed by atoms with Gasteiger partial charge in [-0.3, -0.25) is 9.59 Å². The summed E-state index contributed by atoms with van der Waals surface area (Å²) in [5, 5.41) is 9.41. The van der Waals surface area contributed by atoms with E-state index in [0.29, 0.717) is 20.9 Å². The van der Waals surface area contributed by atoms with E-state index in [1.54, 1.807) is 23.1 Å². The molecule has 2 saturated heterocycles. The molecule has 2 heterocycles. The van der Waals surface area contributed by atoms with Crippen LogP contribution in [0.2, 0.25) is 10.0 Å². The van der Waals surface area contributed by atoms with Crippen LogP contribution in [0.5, 0.6) is 0 Å². The molecule has 0 spiro atoms. The van der Waals surface area contributed by atoms with Gasteiger partial charge in [-0.1, -0.05) is 41.0 Å². The highest BCUT2D eigenvalue weighted by atomic mass is 35.5. The Balaban J connectivity index is 1.92. The first kappa shape index (κ1) is 20.4. The number of aliphatic imine (C=N–C) groups is 1. The molecule has 11 heteroatoms. The largest absolute Gasteiger partial charge is 0.481 e. The first-order chi connectivity index (χ1) is 12.7. The number of carboxylic acid groups (broad SMARTS) is 1. The van der Waals surface area contributed by atoms with Crippen molar-refractivity contribution in [1.29, 1.82) is 0 Å². The van der Waals surface area contributed by atoms with E-state index in [1.807, 2.05) is 0 Å². The molecule has 0 radical (unpaired) electrons. The van der Waals surface area contributed by atoms with Crippen LogP contribution in [0, 0.1) is 0 Å². The van der Waals surface area contributed by atoms with Crippen molar-refractivity contribution in [3.05, 3.63) is 28.2 Å². The zero-order chi connectivity index (χ0) is 19.8. The number of sulfone groups is 1. The highest BCUT2D eigenvalue weighted by Gasteiger charge is 2.50. The predicted molar refractivity (Wildman–Crippen MR) is 107 cm³/mol. The molecule has 1 amide bonds. The second kappa shape index (κ2) is 7.98. The van der Waals surface area contributed by atoms with E-state index < -0.39 is 27.8 Å². The molecule has 2 aliphatic rings. The van der Waals surface area contributed by atoms with Crippen molar-refractivity contribution in [3.63, 3.8) is 0 Å². The van der Waals surface area contributed by atoms with Crippen molar-refractivity contribution < 1.29 is 23.1 Å². The molecule has 0 saturated carbocycles. The van der Waals surface area contributed by atoms with E-state index in [4.69, 9.17) is 28.3 Å². The van der Waals surface area contributed by atoms with Crippen LogP contribution in [0.3, 0.4) is 0 Å². The standard InChI is InChI=1S/C16H16Cl2N2O5S2/c17-9-3-1-4-10(18)15(9)20-11-7-27(24,25)8-12(11)26-16(20)19-13(21)5-2-6-14(22)23/h1,3-4,11-12H,2,5-8H2,(H,22,23)/t11-,12+/m0/s1. The van der Waals surface area contributed by atoms with E-state index in [2.05, 4.69) is 4.99 Å². The van der Waals surface area contributed by atoms with Gasteiger partial charge in [0.1, 0.15) is 0 Å². The number of carbonyl (C=O) groups excluding carboxylic acids is 1. The van der Waals surface area contributed by atoms with E-state index in [9.17, 15) is 18.0 Å². The van der Waals surface area contributed by atoms with Crippen LogP contribution in [0.15, 0.2) is 23.2 Å². The molecule has 0 aromatic heterocycles. The van der Waals surface area contributed by atoms with Gasteiger partial charge in [-0.2, -0.15) is 4.99 Å². The van der Waals surface area contributed by atoms with Gasteiger partial charge in [-0.05, 0) is 18.6 Å². The zero-order valence-electron chi connectivity index (χ0n) is 14.0. The lowest BCUT2D eigenvalue weighted by Crippen LogP contribution is -2.38. The Bertz CT molecular complexity index is 899. The number of halogens is 2. The summed E-state index contributed by atoms with van der Waals surface area (Å²) in [4.78, 5) is 28.5. The Kier molecular flexibility index (Phi) is 6.05. The third-order valence-corrected chi connectivity index (χ3v) is 8.07. The molecule has 7 nitrogen and oxygen atoms in total. The molecule has 0 bridgehead atoms. The lowest BCUT2D eigenvalue weighted by atomic mass is 10.2. The number of hydrogen-bond acceptors (Lipinski definition) is 5. The molecule has 27 heavy (non-hydrogen) atoms. The summed E-state index contributed by atoms with van der Waals surface area (Å²) < 4.78 is 24.1. The average Bonchev–Trinajstić information content (AvgIpc) is 2.99. The first-order valence-electron chi connectivity index (χ1n) is 8.11. The number of amidine groups is 1. The van der Waals surface area contributed by atoms with Gasteiger partial charge in [0.15, 0.2) is 15.0 Å². The van der Waals surface area contributed by atoms with E-state index >= 15 is 0 Å². The second-order valence-electron chi connectivity index (χ2n) is 6.28. The maximum absolute atomic E-state index is 12.2. The summed E-state index contributed by atoms with van der Waals surface area (Å²) in [7, 11) is -3.20. The fraction of sp³-hybridized carbons (Fsp3) is 0.438. The number of anilines is 1. The quantitative estimate of drug-likeness (QED) is 0.734. The Labute approximate surface area is 170 Å². The average molecular weight is 451 g/mol. The Morgan fingerprint density at radius 1 is 1.22 bits per heavy atom. The minimum atomic E-state index is -3.20. The molecule has 1 aromatic carbocycles. The van der Waals surface area contributed by atoms with Gasteiger partial charge in [0.2, 0.25) is 5.91 Å².